The highest BCUT2D eigenvalue weighted by Crippen LogP contribution is 1.93. The lowest BCUT2D eigenvalue weighted by Gasteiger charge is -2.06. The Hall–Kier alpha value is -0.170. The van der Waals surface area contributed by atoms with Gasteiger partial charge in [-0.1, -0.05) is 0 Å². The molecule has 0 aromatic carbocycles. The molecule has 68 valence electrons. The van der Waals surface area contributed by atoms with Gasteiger partial charge in [0, 0.05) is 6.54 Å². The van der Waals surface area contributed by atoms with Crippen LogP contribution in [0.3, 0.4) is 0 Å². The van der Waals surface area contributed by atoms with E-state index < -0.39 is 28.3 Å². The van der Waals surface area contributed by atoms with E-state index >= 15 is 0 Å². The summed E-state index contributed by atoms with van der Waals surface area (Å²) in [4.78, 5) is 0. The fourth-order valence-corrected chi connectivity index (χ4v) is 1.83. The average molecular weight is 183 g/mol. The maximum atomic E-state index is 10.8. The highest BCUT2D eigenvalue weighted by Gasteiger charge is 2.15. The highest BCUT2D eigenvalue weighted by molar-refractivity contribution is 7.91. The van der Waals surface area contributed by atoms with Gasteiger partial charge in [-0.05, 0) is 0 Å². The van der Waals surface area contributed by atoms with E-state index in [0.717, 1.165) is 0 Å². The predicted molar refractivity (Wildman–Crippen MR) is 40.8 cm³/mol. The van der Waals surface area contributed by atoms with Crippen molar-refractivity contribution >= 4 is 9.84 Å². The molecule has 1 atom stereocenters. The van der Waals surface area contributed by atoms with Crippen molar-refractivity contribution in [2.45, 2.75) is 6.10 Å². The number of hydrogen-bond acceptors (Lipinski definition) is 5. The summed E-state index contributed by atoms with van der Waals surface area (Å²) in [6, 6.07) is 0. The molecule has 0 heterocycles. The maximum Gasteiger partial charge on any atom is 0.154 e. The quantitative estimate of drug-likeness (QED) is 0.445. The second-order valence-electron chi connectivity index (χ2n) is 2.24. The van der Waals surface area contributed by atoms with Gasteiger partial charge in [0.05, 0.1) is 24.2 Å². The highest BCUT2D eigenvalue weighted by atomic mass is 32.2. The molecule has 0 aliphatic heterocycles. The molecule has 5 nitrogen and oxygen atoms in total. The van der Waals surface area contributed by atoms with E-state index in [4.69, 9.17) is 15.9 Å². The van der Waals surface area contributed by atoms with Gasteiger partial charge in [-0.2, -0.15) is 0 Å². The summed E-state index contributed by atoms with van der Waals surface area (Å²) in [5.41, 5.74) is 5.01. The first-order valence-electron chi connectivity index (χ1n) is 3.21. The summed E-state index contributed by atoms with van der Waals surface area (Å²) in [6.07, 6.45) is -1.19. The van der Waals surface area contributed by atoms with Crippen molar-refractivity contribution in [2.24, 2.45) is 5.73 Å². The molecule has 4 N–H and O–H groups in total. The molecule has 0 aromatic heterocycles. The zero-order valence-electron chi connectivity index (χ0n) is 6.10. The summed E-state index contributed by atoms with van der Waals surface area (Å²) in [6.45, 7) is -0.496. The van der Waals surface area contributed by atoms with Crippen molar-refractivity contribution in [3.63, 3.8) is 0 Å². The second-order valence-corrected chi connectivity index (χ2v) is 4.47. The number of aliphatic hydroxyl groups excluding tert-OH is 2. The van der Waals surface area contributed by atoms with Gasteiger partial charge in [0.1, 0.15) is 0 Å². The summed E-state index contributed by atoms with van der Waals surface area (Å²) in [5, 5.41) is 17.1. The smallest absolute Gasteiger partial charge is 0.154 e. The van der Waals surface area contributed by atoms with Gasteiger partial charge in [-0.3, -0.25) is 0 Å². The Kier molecular flexibility index (Phi) is 4.58. The van der Waals surface area contributed by atoms with Gasteiger partial charge in [-0.25, -0.2) is 8.42 Å². The predicted octanol–water partition coefficient (Wildman–Crippen LogP) is -2.29. The molecule has 0 aliphatic carbocycles. The number of aliphatic hydroxyl groups is 2. The maximum absolute atomic E-state index is 10.8. The van der Waals surface area contributed by atoms with Crippen LogP contribution in [0.4, 0.5) is 0 Å². The van der Waals surface area contributed by atoms with Crippen molar-refractivity contribution in [1.29, 1.82) is 0 Å². The zero-order valence-corrected chi connectivity index (χ0v) is 6.92. The Balaban J connectivity index is 3.92. The number of rotatable bonds is 5. The normalized spacial score (nSPS) is 14.8. The average Bonchev–Trinajstić information content (AvgIpc) is 1.86. The lowest BCUT2D eigenvalue weighted by atomic mass is 10.4. The van der Waals surface area contributed by atoms with Crippen LogP contribution in [0.15, 0.2) is 0 Å². The molecule has 0 fully saturated rings. The number of nitrogens with two attached hydrogens (primary N) is 1. The van der Waals surface area contributed by atoms with Crippen molar-refractivity contribution in [1.82, 2.24) is 0 Å². The van der Waals surface area contributed by atoms with E-state index in [1.807, 2.05) is 0 Å². The summed E-state index contributed by atoms with van der Waals surface area (Å²) < 4.78 is 21.7. The molecule has 6 heteroatoms. The molecule has 0 rings (SSSR count). The minimum Gasteiger partial charge on any atom is -0.394 e. The van der Waals surface area contributed by atoms with Gasteiger partial charge in [0.25, 0.3) is 0 Å². The van der Waals surface area contributed by atoms with Gasteiger partial charge >= 0.3 is 0 Å². The van der Waals surface area contributed by atoms with Crippen LogP contribution in [-0.4, -0.2) is 49.4 Å². The van der Waals surface area contributed by atoms with Crippen molar-refractivity contribution in [3.05, 3.63) is 0 Å². The van der Waals surface area contributed by atoms with Crippen LogP contribution < -0.4 is 5.73 Å². The number of hydrogen-bond donors (Lipinski definition) is 3. The summed E-state index contributed by atoms with van der Waals surface area (Å²) in [5.74, 6) is -0.565. The standard InChI is InChI=1S/C5H13NO4S/c6-1-2-11(9,10)4-5(8)3-7/h5,7-8H,1-4,6H2. The van der Waals surface area contributed by atoms with E-state index in [-0.39, 0.29) is 12.3 Å². The van der Waals surface area contributed by atoms with Crippen LogP contribution in [0.5, 0.6) is 0 Å². The van der Waals surface area contributed by atoms with E-state index in [1.54, 1.807) is 0 Å². The van der Waals surface area contributed by atoms with E-state index in [0.29, 0.717) is 0 Å². The first kappa shape index (κ1) is 10.8. The Bertz CT molecular complexity index is 189. The first-order chi connectivity index (χ1) is 5.02. The molecule has 0 aliphatic rings. The topological polar surface area (TPSA) is 101 Å². The summed E-state index contributed by atoms with van der Waals surface area (Å²) >= 11 is 0. The summed E-state index contributed by atoms with van der Waals surface area (Å²) in [7, 11) is -3.28. The molecular formula is C5H13NO4S. The zero-order chi connectivity index (χ0) is 8.91. The second kappa shape index (κ2) is 4.66. The monoisotopic (exact) mass is 183 g/mol. The third kappa shape index (κ3) is 5.14. The molecule has 11 heavy (non-hydrogen) atoms. The van der Waals surface area contributed by atoms with Gasteiger partial charge in [0.2, 0.25) is 0 Å². The van der Waals surface area contributed by atoms with Gasteiger partial charge in [-0.15, -0.1) is 0 Å². The van der Waals surface area contributed by atoms with Gasteiger partial charge in [0.15, 0.2) is 9.84 Å². The fraction of sp³-hybridized carbons (Fsp3) is 1.00. The van der Waals surface area contributed by atoms with Crippen LogP contribution in [0, 0.1) is 0 Å². The van der Waals surface area contributed by atoms with Gasteiger partial charge < -0.3 is 15.9 Å². The Morgan fingerprint density at radius 2 is 2.00 bits per heavy atom. The first-order valence-corrected chi connectivity index (χ1v) is 5.03. The van der Waals surface area contributed by atoms with Crippen molar-refractivity contribution < 1.29 is 18.6 Å². The minimum atomic E-state index is -3.28. The molecular weight excluding hydrogens is 170 g/mol. The fourth-order valence-electron chi connectivity index (χ4n) is 0.609. The Morgan fingerprint density at radius 1 is 1.45 bits per heavy atom. The van der Waals surface area contributed by atoms with E-state index in [9.17, 15) is 8.42 Å². The largest absolute Gasteiger partial charge is 0.394 e. The van der Waals surface area contributed by atoms with E-state index in [1.165, 1.54) is 0 Å². The lowest BCUT2D eigenvalue weighted by Crippen LogP contribution is -2.28. The molecule has 1 unspecified atom stereocenters. The lowest BCUT2D eigenvalue weighted by molar-refractivity contribution is 0.112. The van der Waals surface area contributed by atoms with Crippen LogP contribution >= 0.6 is 0 Å². The minimum absolute atomic E-state index is 0.0421. The Labute approximate surface area is 65.8 Å². The van der Waals surface area contributed by atoms with Crippen LogP contribution in [0.1, 0.15) is 0 Å². The van der Waals surface area contributed by atoms with Crippen LogP contribution in [0.25, 0.3) is 0 Å². The van der Waals surface area contributed by atoms with Crippen LogP contribution in [-0.2, 0) is 9.84 Å². The molecule has 0 saturated heterocycles. The molecule has 0 spiro atoms. The van der Waals surface area contributed by atoms with Crippen LogP contribution in [0.2, 0.25) is 0 Å². The third-order valence-corrected chi connectivity index (χ3v) is 2.84. The van der Waals surface area contributed by atoms with E-state index in [2.05, 4.69) is 0 Å². The molecule has 0 amide bonds. The molecule has 0 radical (unpaired) electrons. The third-order valence-electron chi connectivity index (χ3n) is 1.09. The molecule has 0 bridgehead atoms. The Morgan fingerprint density at radius 3 is 2.36 bits per heavy atom. The SMILES string of the molecule is NCCS(=O)(=O)CC(O)CO. The molecule has 0 aromatic rings. The molecule has 0 saturated carbocycles. The number of sulfone groups is 1. The van der Waals surface area contributed by atoms with Crippen molar-refractivity contribution in [2.75, 3.05) is 24.7 Å². The van der Waals surface area contributed by atoms with Crippen molar-refractivity contribution in [3.8, 4) is 0 Å².